The van der Waals surface area contributed by atoms with Gasteiger partial charge in [-0.3, -0.25) is 0 Å². The van der Waals surface area contributed by atoms with Crippen LogP contribution in [0.15, 0.2) is 54.7 Å². The number of hydrogen-bond acceptors (Lipinski definition) is 7. The van der Waals surface area contributed by atoms with Crippen LogP contribution in [-0.2, 0) is 6.54 Å². The molecule has 0 bridgehead atoms. The average Bonchev–Trinajstić information content (AvgIpc) is 3.12. The van der Waals surface area contributed by atoms with Crippen LogP contribution in [0.3, 0.4) is 0 Å². The lowest BCUT2D eigenvalue weighted by atomic mass is 10.1. The summed E-state index contributed by atoms with van der Waals surface area (Å²) in [6.45, 7) is 4.21. The fraction of sp³-hybridized carbons (Fsp3) is 0.261. The van der Waals surface area contributed by atoms with E-state index in [0.717, 1.165) is 27.9 Å². The molecule has 0 spiro atoms. The molecule has 0 saturated heterocycles. The van der Waals surface area contributed by atoms with Crippen molar-refractivity contribution in [2.24, 2.45) is 0 Å². The van der Waals surface area contributed by atoms with Gasteiger partial charge in [0.05, 0.1) is 18.1 Å². The molecule has 8 nitrogen and oxygen atoms in total. The molecule has 8 heteroatoms. The number of anilines is 4. The van der Waals surface area contributed by atoms with Crippen LogP contribution in [0.2, 0.25) is 0 Å². The van der Waals surface area contributed by atoms with Gasteiger partial charge in [-0.2, -0.15) is 10.1 Å². The Morgan fingerprint density at radius 2 is 1.74 bits per heavy atom. The number of para-hydroxylation sites is 2. The quantitative estimate of drug-likeness (QED) is 0.346. The van der Waals surface area contributed by atoms with Gasteiger partial charge in [0.2, 0.25) is 5.95 Å². The van der Waals surface area contributed by atoms with Crippen molar-refractivity contribution < 1.29 is 10.2 Å². The second-order valence-corrected chi connectivity index (χ2v) is 7.51. The number of aromatic nitrogens is 4. The summed E-state index contributed by atoms with van der Waals surface area (Å²) in [5, 5.41) is 31.1. The third kappa shape index (κ3) is 4.65. The number of aryl methyl sites for hydroxylation is 3. The molecule has 31 heavy (non-hydrogen) atoms. The minimum atomic E-state index is -0.807. The van der Waals surface area contributed by atoms with Crippen LogP contribution in [0.4, 0.5) is 23.1 Å². The number of benzene rings is 2. The van der Waals surface area contributed by atoms with Gasteiger partial charge in [0.25, 0.3) is 0 Å². The Bertz CT molecular complexity index is 1160. The van der Waals surface area contributed by atoms with Gasteiger partial charge in [0.15, 0.2) is 11.5 Å². The van der Waals surface area contributed by atoms with Crippen molar-refractivity contribution in [2.45, 2.75) is 32.9 Å². The van der Waals surface area contributed by atoms with Crippen molar-refractivity contribution in [2.75, 3.05) is 17.2 Å². The highest BCUT2D eigenvalue weighted by molar-refractivity contribution is 5.90. The number of aliphatic hydroxyl groups is 2. The lowest BCUT2D eigenvalue weighted by Crippen LogP contribution is -2.16. The summed E-state index contributed by atoms with van der Waals surface area (Å²) in [6.07, 6.45) is 1.30. The molecule has 0 aliphatic rings. The van der Waals surface area contributed by atoms with Crippen LogP contribution in [0.5, 0.6) is 0 Å². The predicted octanol–water partition coefficient (Wildman–Crippen LogP) is 3.67. The van der Waals surface area contributed by atoms with Gasteiger partial charge in [-0.15, -0.1) is 0 Å². The average molecular weight is 419 g/mol. The van der Waals surface area contributed by atoms with E-state index in [9.17, 15) is 5.11 Å². The number of fused-ring (bicyclic) bond motifs is 1. The van der Waals surface area contributed by atoms with Crippen molar-refractivity contribution in [3.8, 4) is 0 Å². The Hall–Kier alpha value is -3.49. The number of nitrogens with one attached hydrogen (secondary N) is 2. The van der Waals surface area contributed by atoms with E-state index in [2.05, 4.69) is 20.6 Å². The maximum Gasteiger partial charge on any atom is 0.229 e. The Balaban J connectivity index is 1.72. The highest BCUT2D eigenvalue weighted by Gasteiger charge is 2.16. The molecule has 0 radical (unpaired) electrons. The third-order valence-corrected chi connectivity index (χ3v) is 5.13. The van der Waals surface area contributed by atoms with Gasteiger partial charge < -0.3 is 20.8 Å². The SMILES string of the molecule is Cc1cccc(C)c1Nc1nn(CC[C@@H](O)CO)c2nc(Nc3ccccc3)ncc12. The number of aliphatic hydroxyl groups excluding tert-OH is 2. The van der Waals surface area contributed by atoms with Crippen molar-refractivity contribution in [3.63, 3.8) is 0 Å². The molecule has 1 atom stereocenters. The van der Waals surface area contributed by atoms with E-state index in [4.69, 9.17) is 10.2 Å². The maximum atomic E-state index is 9.80. The Morgan fingerprint density at radius 3 is 2.45 bits per heavy atom. The summed E-state index contributed by atoms with van der Waals surface area (Å²) in [4.78, 5) is 9.14. The second-order valence-electron chi connectivity index (χ2n) is 7.51. The topological polar surface area (TPSA) is 108 Å². The van der Waals surface area contributed by atoms with Gasteiger partial charge in [-0.25, -0.2) is 9.67 Å². The standard InChI is InChI=1S/C23H26N6O2/c1-15-7-6-8-16(2)20(15)26-21-19-13-24-23(25-17-9-4-3-5-10-17)27-22(19)29(28-21)12-11-18(31)14-30/h3-10,13,18,30-31H,11-12,14H2,1-2H3,(H,26,28)(H,24,25,27)/t18-/m1/s1. The molecule has 0 unspecified atom stereocenters. The molecule has 2 heterocycles. The van der Waals surface area contributed by atoms with E-state index in [1.165, 1.54) is 0 Å². The van der Waals surface area contributed by atoms with Crippen LogP contribution in [-0.4, -0.2) is 42.7 Å². The Labute approximate surface area is 180 Å². The molecule has 0 amide bonds. The molecule has 2 aromatic heterocycles. The van der Waals surface area contributed by atoms with Crippen LogP contribution < -0.4 is 10.6 Å². The predicted molar refractivity (Wildman–Crippen MR) is 122 cm³/mol. The molecular formula is C23H26N6O2. The first-order valence-electron chi connectivity index (χ1n) is 10.2. The second kappa shape index (κ2) is 9.11. The van der Waals surface area contributed by atoms with E-state index < -0.39 is 6.10 Å². The highest BCUT2D eigenvalue weighted by Crippen LogP contribution is 2.29. The fourth-order valence-electron chi connectivity index (χ4n) is 3.41. The lowest BCUT2D eigenvalue weighted by molar-refractivity contribution is 0.0841. The van der Waals surface area contributed by atoms with Crippen molar-refractivity contribution in [3.05, 3.63) is 65.9 Å². The number of nitrogens with zero attached hydrogens (tertiary/aromatic N) is 4. The normalized spacial score (nSPS) is 12.1. The molecular weight excluding hydrogens is 392 g/mol. The third-order valence-electron chi connectivity index (χ3n) is 5.13. The Kier molecular flexibility index (Phi) is 6.11. The first-order valence-corrected chi connectivity index (χ1v) is 10.2. The zero-order chi connectivity index (χ0) is 21.8. The van der Waals surface area contributed by atoms with Gasteiger partial charge in [-0.05, 0) is 43.5 Å². The van der Waals surface area contributed by atoms with E-state index >= 15 is 0 Å². The van der Waals surface area contributed by atoms with Crippen molar-refractivity contribution in [1.29, 1.82) is 0 Å². The number of hydrogen-bond donors (Lipinski definition) is 4. The van der Waals surface area contributed by atoms with E-state index in [1.807, 2.05) is 62.4 Å². The summed E-state index contributed by atoms with van der Waals surface area (Å²) in [5.74, 6) is 1.11. The van der Waals surface area contributed by atoms with E-state index in [-0.39, 0.29) is 6.61 Å². The first-order chi connectivity index (χ1) is 15.0. The Morgan fingerprint density at radius 1 is 1.00 bits per heavy atom. The molecule has 4 aromatic rings. The van der Waals surface area contributed by atoms with E-state index in [1.54, 1.807) is 10.9 Å². The molecule has 4 rings (SSSR count). The van der Waals surface area contributed by atoms with E-state index in [0.29, 0.717) is 30.4 Å². The van der Waals surface area contributed by atoms with Crippen LogP contribution >= 0.6 is 0 Å². The molecule has 0 fully saturated rings. The largest absolute Gasteiger partial charge is 0.394 e. The first kappa shape index (κ1) is 20.8. The van der Waals surface area contributed by atoms with Gasteiger partial charge in [0.1, 0.15) is 0 Å². The van der Waals surface area contributed by atoms with Gasteiger partial charge >= 0.3 is 0 Å². The number of rotatable bonds is 8. The zero-order valence-electron chi connectivity index (χ0n) is 17.6. The summed E-state index contributed by atoms with van der Waals surface area (Å²) in [7, 11) is 0. The van der Waals surface area contributed by atoms with Gasteiger partial charge in [-0.1, -0.05) is 36.4 Å². The van der Waals surface area contributed by atoms with Gasteiger partial charge in [0, 0.05) is 24.1 Å². The molecule has 2 aromatic carbocycles. The summed E-state index contributed by atoms with van der Waals surface area (Å²) < 4.78 is 1.74. The highest BCUT2D eigenvalue weighted by atomic mass is 16.3. The van der Waals surface area contributed by atoms with Crippen LogP contribution in [0.25, 0.3) is 11.0 Å². The monoisotopic (exact) mass is 418 g/mol. The molecule has 160 valence electrons. The van der Waals surface area contributed by atoms with Crippen LogP contribution in [0, 0.1) is 13.8 Å². The lowest BCUT2D eigenvalue weighted by Gasteiger charge is -2.10. The van der Waals surface area contributed by atoms with Crippen molar-refractivity contribution in [1.82, 2.24) is 19.7 Å². The minimum Gasteiger partial charge on any atom is -0.394 e. The zero-order valence-corrected chi connectivity index (χ0v) is 17.6. The summed E-state index contributed by atoms with van der Waals surface area (Å²) in [5.41, 5.74) is 4.75. The summed E-state index contributed by atoms with van der Waals surface area (Å²) >= 11 is 0. The smallest absolute Gasteiger partial charge is 0.229 e. The maximum absolute atomic E-state index is 9.80. The fourth-order valence-corrected chi connectivity index (χ4v) is 3.41. The molecule has 4 N–H and O–H groups in total. The molecule has 0 saturated carbocycles. The van der Waals surface area contributed by atoms with Crippen molar-refractivity contribution >= 4 is 34.2 Å². The molecule has 0 aliphatic carbocycles. The summed E-state index contributed by atoms with van der Waals surface area (Å²) in [6, 6.07) is 15.8. The molecule has 0 aliphatic heterocycles. The minimum absolute atomic E-state index is 0.289. The van der Waals surface area contributed by atoms with Crippen LogP contribution in [0.1, 0.15) is 17.5 Å².